The molecule has 2 rings (SSSR count). The zero-order valence-electron chi connectivity index (χ0n) is 14.4. The summed E-state index contributed by atoms with van der Waals surface area (Å²) in [5, 5.41) is 0. The van der Waals surface area contributed by atoms with Gasteiger partial charge in [0.15, 0.2) is 0 Å². The van der Waals surface area contributed by atoms with Crippen LogP contribution in [-0.2, 0) is 0 Å². The van der Waals surface area contributed by atoms with Crippen molar-refractivity contribution in [2.75, 3.05) is 19.6 Å². The Labute approximate surface area is 126 Å². The van der Waals surface area contributed by atoms with E-state index in [1.54, 1.807) is 0 Å². The molecule has 1 aliphatic carbocycles. The van der Waals surface area contributed by atoms with Crippen LogP contribution >= 0.6 is 0 Å². The van der Waals surface area contributed by atoms with Gasteiger partial charge in [-0.15, -0.1) is 0 Å². The fourth-order valence-corrected chi connectivity index (χ4v) is 4.47. The quantitative estimate of drug-likeness (QED) is 0.831. The Hall–Kier alpha value is -0.0800. The van der Waals surface area contributed by atoms with Crippen LogP contribution in [0.3, 0.4) is 0 Å². The van der Waals surface area contributed by atoms with Crippen LogP contribution in [0.15, 0.2) is 0 Å². The van der Waals surface area contributed by atoms with Crippen molar-refractivity contribution in [1.29, 1.82) is 0 Å². The Kier molecular flexibility index (Phi) is 4.86. The first-order chi connectivity index (χ1) is 9.23. The molecule has 2 heteroatoms. The second-order valence-electron chi connectivity index (χ2n) is 9.18. The summed E-state index contributed by atoms with van der Waals surface area (Å²) >= 11 is 0. The lowest BCUT2D eigenvalue weighted by molar-refractivity contribution is 0.00357. The Morgan fingerprint density at radius 3 is 2.45 bits per heavy atom. The molecule has 1 heterocycles. The first-order valence-electron chi connectivity index (χ1n) is 8.67. The fourth-order valence-electron chi connectivity index (χ4n) is 4.47. The second kappa shape index (κ2) is 5.96. The van der Waals surface area contributed by atoms with Gasteiger partial charge in [0, 0.05) is 12.6 Å². The SMILES string of the molecule is CC1(C)CCCN(C2CC(C(C)(C)C)CCC2CN)C1. The molecule has 2 N–H and O–H groups in total. The van der Waals surface area contributed by atoms with E-state index in [1.165, 1.54) is 45.2 Å². The molecule has 118 valence electrons. The van der Waals surface area contributed by atoms with Crippen molar-refractivity contribution in [1.82, 2.24) is 4.90 Å². The number of piperidine rings is 1. The minimum atomic E-state index is 0.448. The summed E-state index contributed by atoms with van der Waals surface area (Å²) in [5.41, 5.74) is 7.04. The Morgan fingerprint density at radius 1 is 1.20 bits per heavy atom. The largest absolute Gasteiger partial charge is 0.330 e. The normalized spacial score (nSPS) is 36.0. The van der Waals surface area contributed by atoms with Gasteiger partial charge in [-0.05, 0) is 67.9 Å². The van der Waals surface area contributed by atoms with Crippen molar-refractivity contribution < 1.29 is 0 Å². The molecule has 3 unspecified atom stereocenters. The molecule has 0 spiro atoms. The molecule has 0 radical (unpaired) electrons. The third-order valence-corrected chi connectivity index (χ3v) is 5.88. The predicted molar refractivity (Wildman–Crippen MR) is 87.7 cm³/mol. The van der Waals surface area contributed by atoms with E-state index in [2.05, 4.69) is 39.5 Å². The highest BCUT2D eigenvalue weighted by Gasteiger charge is 2.40. The molecule has 3 atom stereocenters. The van der Waals surface area contributed by atoms with Crippen LogP contribution in [0.2, 0.25) is 0 Å². The number of likely N-dealkylation sites (tertiary alicyclic amines) is 1. The molecule has 2 fully saturated rings. The van der Waals surface area contributed by atoms with Crippen molar-refractivity contribution in [3.63, 3.8) is 0 Å². The number of hydrogen-bond acceptors (Lipinski definition) is 2. The van der Waals surface area contributed by atoms with Crippen LogP contribution in [0.25, 0.3) is 0 Å². The van der Waals surface area contributed by atoms with Crippen LogP contribution < -0.4 is 5.73 Å². The average molecular weight is 280 g/mol. The highest BCUT2D eigenvalue weighted by atomic mass is 15.2. The molecule has 0 aromatic heterocycles. The molecule has 1 aliphatic heterocycles. The standard InChI is InChI=1S/C18H36N2/c1-17(2,3)15-8-7-14(12-19)16(11-15)20-10-6-9-18(4,5)13-20/h14-16H,6-13,19H2,1-5H3. The second-order valence-corrected chi connectivity index (χ2v) is 9.18. The maximum atomic E-state index is 6.10. The summed E-state index contributed by atoms with van der Waals surface area (Å²) in [6, 6.07) is 0.734. The first-order valence-corrected chi connectivity index (χ1v) is 8.67. The topological polar surface area (TPSA) is 29.3 Å². The van der Waals surface area contributed by atoms with Gasteiger partial charge in [0.2, 0.25) is 0 Å². The van der Waals surface area contributed by atoms with Gasteiger partial charge >= 0.3 is 0 Å². The first kappa shape index (κ1) is 16.3. The molecule has 0 amide bonds. The van der Waals surface area contributed by atoms with Gasteiger partial charge in [-0.25, -0.2) is 0 Å². The summed E-state index contributed by atoms with van der Waals surface area (Å²) in [6.45, 7) is 15.5. The van der Waals surface area contributed by atoms with Crippen LogP contribution in [0.1, 0.15) is 66.7 Å². The van der Waals surface area contributed by atoms with E-state index in [0.29, 0.717) is 10.8 Å². The predicted octanol–water partition coefficient (Wildman–Crippen LogP) is 3.90. The van der Waals surface area contributed by atoms with E-state index in [9.17, 15) is 0 Å². The number of nitrogens with two attached hydrogens (primary N) is 1. The third kappa shape index (κ3) is 3.76. The Morgan fingerprint density at radius 2 is 1.90 bits per heavy atom. The smallest absolute Gasteiger partial charge is 0.0139 e. The number of rotatable bonds is 2. The van der Waals surface area contributed by atoms with Crippen molar-refractivity contribution in [2.45, 2.75) is 72.8 Å². The van der Waals surface area contributed by atoms with Gasteiger partial charge < -0.3 is 5.73 Å². The van der Waals surface area contributed by atoms with Crippen LogP contribution in [0.4, 0.5) is 0 Å². The van der Waals surface area contributed by atoms with Crippen molar-refractivity contribution in [3.8, 4) is 0 Å². The summed E-state index contributed by atoms with van der Waals surface area (Å²) in [7, 11) is 0. The van der Waals surface area contributed by atoms with E-state index >= 15 is 0 Å². The number of hydrogen-bond donors (Lipinski definition) is 1. The van der Waals surface area contributed by atoms with Gasteiger partial charge in [0.25, 0.3) is 0 Å². The van der Waals surface area contributed by atoms with Gasteiger partial charge in [-0.2, -0.15) is 0 Å². The Bertz CT molecular complexity index is 313. The molecule has 0 aromatic rings. The lowest BCUT2D eigenvalue weighted by Crippen LogP contribution is -2.53. The molecule has 1 saturated heterocycles. The lowest BCUT2D eigenvalue weighted by atomic mass is 9.67. The van der Waals surface area contributed by atoms with E-state index in [-0.39, 0.29) is 0 Å². The van der Waals surface area contributed by atoms with Crippen molar-refractivity contribution in [2.24, 2.45) is 28.4 Å². The maximum Gasteiger partial charge on any atom is 0.0139 e. The maximum absolute atomic E-state index is 6.10. The van der Waals surface area contributed by atoms with Crippen LogP contribution in [0, 0.1) is 22.7 Å². The van der Waals surface area contributed by atoms with E-state index < -0.39 is 0 Å². The molecule has 1 saturated carbocycles. The molecule has 2 aliphatic rings. The zero-order chi connectivity index (χ0) is 15.0. The minimum absolute atomic E-state index is 0.448. The summed E-state index contributed by atoms with van der Waals surface area (Å²) < 4.78 is 0. The summed E-state index contributed by atoms with van der Waals surface area (Å²) in [5.74, 6) is 1.59. The van der Waals surface area contributed by atoms with Crippen molar-refractivity contribution in [3.05, 3.63) is 0 Å². The highest BCUT2D eigenvalue weighted by molar-refractivity contribution is 4.93. The van der Waals surface area contributed by atoms with E-state index in [1.807, 2.05) is 0 Å². The monoisotopic (exact) mass is 280 g/mol. The molecule has 0 aromatic carbocycles. The lowest BCUT2D eigenvalue weighted by Gasteiger charge is -2.50. The van der Waals surface area contributed by atoms with Crippen molar-refractivity contribution >= 4 is 0 Å². The Balaban J connectivity index is 2.09. The summed E-state index contributed by atoms with van der Waals surface area (Å²) in [6.07, 6.45) is 6.81. The van der Waals surface area contributed by atoms with E-state index in [4.69, 9.17) is 5.73 Å². The molecule has 0 bridgehead atoms. The fraction of sp³-hybridized carbons (Fsp3) is 1.00. The van der Waals surface area contributed by atoms with Gasteiger partial charge in [-0.3, -0.25) is 4.90 Å². The molecule has 2 nitrogen and oxygen atoms in total. The highest BCUT2D eigenvalue weighted by Crippen LogP contribution is 2.43. The molecular formula is C18H36N2. The van der Waals surface area contributed by atoms with Crippen LogP contribution in [-0.4, -0.2) is 30.6 Å². The molecular weight excluding hydrogens is 244 g/mol. The zero-order valence-corrected chi connectivity index (χ0v) is 14.4. The third-order valence-electron chi connectivity index (χ3n) is 5.88. The average Bonchev–Trinajstić information content (AvgIpc) is 2.35. The molecule has 20 heavy (non-hydrogen) atoms. The van der Waals surface area contributed by atoms with E-state index in [0.717, 1.165) is 24.4 Å². The minimum Gasteiger partial charge on any atom is -0.330 e. The van der Waals surface area contributed by atoms with Crippen LogP contribution in [0.5, 0.6) is 0 Å². The van der Waals surface area contributed by atoms with Gasteiger partial charge in [-0.1, -0.05) is 34.6 Å². The summed E-state index contributed by atoms with van der Waals surface area (Å²) in [4.78, 5) is 2.79. The number of nitrogens with zero attached hydrogens (tertiary/aromatic N) is 1. The van der Waals surface area contributed by atoms with Gasteiger partial charge in [0.1, 0.15) is 0 Å². The van der Waals surface area contributed by atoms with Gasteiger partial charge in [0.05, 0.1) is 0 Å².